The van der Waals surface area contributed by atoms with E-state index in [2.05, 4.69) is 20.9 Å². The highest BCUT2D eigenvalue weighted by Gasteiger charge is 2.43. The maximum Gasteiger partial charge on any atom is 0.292 e. The van der Waals surface area contributed by atoms with Gasteiger partial charge in [-0.1, -0.05) is 6.07 Å². The Morgan fingerprint density at radius 2 is 2.00 bits per heavy atom. The molecule has 1 aromatic heterocycles. The molecule has 1 aliphatic rings. The van der Waals surface area contributed by atoms with E-state index >= 15 is 0 Å². The molecule has 1 saturated heterocycles. The number of pyridine rings is 1. The highest BCUT2D eigenvalue weighted by Crippen LogP contribution is 2.40. The average molecular weight is 292 g/mol. The average Bonchev–Trinajstić information content (AvgIpc) is 2.30. The zero-order chi connectivity index (χ0) is 11.6. The molecule has 0 spiro atoms. The molecule has 0 radical (unpaired) electrons. The second kappa shape index (κ2) is 4.75. The van der Waals surface area contributed by atoms with Crippen LogP contribution in [0.15, 0.2) is 22.8 Å². The molecule has 1 aliphatic heterocycles. The monoisotopic (exact) mass is 291 g/mol. The van der Waals surface area contributed by atoms with E-state index < -0.39 is 11.8 Å². The summed E-state index contributed by atoms with van der Waals surface area (Å²) in [5, 5.41) is 0. The molecule has 16 heavy (non-hydrogen) atoms. The van der Waals surface area contributed by atoms with Gasteiger partial charge in [-0.15, -0.1) is 0 Å². The molecule has 0 saturated carbocycles. The summed E-state index contributed by atoms with van der Waals surface area (Å²) in [6.45, 7) is 0.822. The lowest BCUT2D eigenvalue weighted by Crippen LogP contribution is -2.32. The van der Waals surface area contributed by atoms with Crippen LogP contribution in [0.2, 0.25) is 0 Å². The van der Waals surface area contributed by atoms with Gasteiger partial charge in [-0.05, 0) is 40.9 Å². The van der Waals surface area contributed by atoms with E-state index in [9.17, 15) is 8.78 Å². The van der Waals surface area contributed by atoms with Crippen LogP contribution in [0.5, 0.6) is 0 Å². The molecule has 2 rings (SSSR count). The van der Waals surface area contributed by atoms with E-state index in [1.54, 1.807) is 12.1 Å². The van der Waals surface area contributed by atoms with Crippen LogP contribution in [0.4, 0.5) is 8.78 Å². The summed E-state index contributed by atoms with van der Waals surface area (Å²) in [6, 6.07) is 4.60. The molecule has 0 aromatic carbocycles. The maximum atomic E-state index is 14.1. The minimum atomic E-state index is -2.87. The number of halogens is 3. The Bertz CT molecular complexity index is 367. The van der Waals surface area contributed by atoms with Crippen molar-refractivity contribution in [3.63, 3.8) is 0 Å². The van der Waals surface area contributed by atoms with Gasteiger partial charge in [0.2, 0.25) is 0 Å². The van der Waals surface area contributed by atoms with Crippen molar-refractivity contribution in [1.82, 2.24) is 4.98 Å². The van der Waals surface area contributed by atoms with Gasteiger partial charge in [-0.25, -0.2) is 4.98 Å². The lowest BCUT2D eigenvalue weighted by atomic mass is 9.91. The minimum absolute atomic E-state index is 0.159. The van der Waals surface area contributed by atoms with Gasteiger partial charge in [0.1, 0.15) is 10.3 Å². The molecule has 1 aromatic rings. The van der Waals surface area contributed by atoms with Gasteiger partial charge < -0.3 is 4.74 Å². The number of hydrogen-bond donors (Lipinski definition) is 0. The van der Waals surface area contributed by atoms with Crippen LogP contribution >= 0.6 is 15.9 Å². The largest absolute Gasteiger partial charge is 0.381 e. The first-order valence-electron chi connectivity index (χ1n) is 5.19. The summed E-state index contributed by atoms with van der Waals surface area (Å²) in [7, 11) is 0. The molecule has 0 bridgehead atoms. The summed E-state index contributed by atoms with van der Waals surface area (Å²) in [5.41, 5.74) is -0.159. The number of nitrogens with zero attached hydrogens (tertiary/aromatic N) is 1. The van der Waals surface area contributed by atoms with Crippen molar-refractivity contribution in [2.24, 2.45) is 5.92 Å². The van der Waals surface area contributed by atoms with Crippen LogP contribution in [-0.4, -0.2) is 18.2 Å². The van der Waals surface area contributed by atoms with Crippen molar-refractivity contribution in [3.8, 4) is 0 Å². The lowest BCUT2D eigenvalue weighted by Gasteiger charge is -2.29. The van der Waals surface area contributed by atoms with Gasteiger partial charge in [0.25, 0.3) is 5.92 Å². The maximum absolute atomic E-state index is 14.1. The molecule has 0 N–H and O–H groups in total. The Morgan fingerprint density at radius 1 is 1.31 bits per heavy atom. The van der Waals surface area contributed by atoms with Crippen LogP contribution in [0.3, 0.4) is 0 Å². The third-order valence-electron chi connectivity index (χ3n) is 2.79. The smallest absolute Gasteiger partial charge is 0.292 e. The highest BCUT2D eigenvalue weighted by molar-refractivity contribution is 9.10. The van der Waals surface area contributed by atoms with Crippen LogP contribution in [0.1, 0.15) is 18.5 Å². The summed E-state index contributed by atoms with van der Waals surface area (Å²) in [6.07, 6.45) is 0.780. The number of aromatic nitrogens is 1. The third-order valence-corrected chi connectivity index (χ3v) is 3.23. The van der Waals surface area contributed by atoms with E-state index in [4.69, 9.17) is 4.74 Å². The van der Waals surface area contributed by atoms with Crippen LogP contribution in [0, 0.1) is 5.92 Å². The van der Waals surface area contributed by atoms with Crippen molar-refractivity contribution < 1.29 is 13.5 Å². The molecular formula is C11H12BrF2NO. The Kier molecular flexibility index (Phi) is 3.54. The van der Waals surface area contributed by atoms with Crippen LogP contribution < -0.4 is 0 Å². The predicted octanol–water partition coefficient (Wildman–Crippen LogP) is 3.36. The van der Waals surface area contributed by atoms with Gasteiger partial charge in [0.15, 0.2) is 0 Å². The first-order chi connectivity index (χ1) is 7.60. The second-order valence-corrected chi connectivity index (χ2v) is 4.67. The van der Waals surface area contributed by atoms with Crippen molar-refractivity contribution in [2.45, 2.75) is 18.8 Å². The molecule has 0 aliphatic carbocycles. The molecule has 0 atom stereocenters. The minimum Gasteiger partial charge on any atom is -0.381 e. The standard InChI is InChI=1S/C11H12BrF2NO/c12-10-3-1-2-9(15-10)11(13,14)8-4-6-16-7-5-8/h1-3,8H,4-7H2. The second-order valence-electron chi connectivity index (χ2n) is 3.86. The van der Waals surface area contributed by atoms with E-state index in [1.807, 2.05) is 0 Å². The molecule has 88 valence electrons. The van der Waals surface area contributed by atoms with Crippen molar-refractivity contribution >= 4 is 15.9 Å². The molecule has 2 nitrogen and oxygen atoms in total. The fraction of sp³-hybridized carbons (Fsp3) is 0.545. The van der Waals surface area contributed by atoms with Crippen molar-refractivity contribution in [1.29, 1.82) is 0 Å². The van der Waals surface area contributed by atoms with Gasteiger partial charge in [0.05, 0.1) is 0 Å². The Morgan fingerprint density at radius 3 is 2.62 bits per heavy atom. The summed E-state index contributed by atoms with van der Waals surface area (Å²) in [5.74, 6) is -3.53. The zero-order valence-electron chi connectivity index (χ0n) is 8.63. The van der Waals surface area contributed by atoms with Gasteiger partial charge >= 0.3 is 0 Å². The predicted molar refractivity (Wildman–Crippen MR) is 59.4 cm³/mol. The van der Waals surface area contributed by atoms with Crippen molar-refractivity contribution in [2.75, 3.05) is 13.2 Å². The Labute approximate surface area is 101 Å². The molecular weight excluding hydrogens is 280 g/mol. The quantitative estimate of drug-likeness (QED) is 0.780. The van der Waals surface area contributed by atoms with Crippen molar-refractivity contribution in [3.05, 3.63) is 28.5 Å². The molecule has 5 heteroatoms. The molecule has 2 heterocycles. The Hall–Kier alpha value is -0.550. The number of alkyl halides is 2. The van der Waals surface area contributed by atoms with Gasteiger partial charge in [-0.2, -0.15) is 8.78 Å². The third kappa shape index (κ3) is 2.40. The van der Waals surface area contributed by atoms with E-state index in [0.717, 1.165) is 0 Å². The number of ether oxygens (including phenoxy) is 1. The fourth-order valence-electron chi connectivity index (χ4n) is 1.86. The lowest BCUT2D eigenvalue weighted by molar-refractivity contribution is -0.105. The first kappa shape index (κ1) is 11.9. The number of hydrogen-bond acceptors (Lipinski definition) is 2. The SMILES string of the molecule is FC(F)(c1cccc(Br)n1)C1CCOCC1. The first-order valence-corrected chi connectivity index (χ1v) is 5.98. The zero-order valence-corrected chi connectivity index (χ0v) is 10.2. The van der Waals surface area contributed by atoms with Gasteiger partial charge in [0, 0.05) is 19.1 Å². The van der Waals surface area contributed by atoms with E-state index in [0.29, 0.717) is 30.7 Å². The van der Waals surface area contributed by atoms with E-state index in [-0.39, 0.29) is 5.69 Å². The summed E-state index contributed by atoms with van der Waals surface area (Å²) < 4.78 is 33.7. The van der Waals surface area contributed by atoms with Gasteiger partial charge in [-0.3, -0.25) is 0 Å². The summed E-state index contributed by atoms with van der Waals surface area (Å²) >= 11 is 3.11. The summed E-state index contributed by atoms with van der Waals surface area (Å²) in [4.78, 5) is 3.85. The molecule has 0 amide bonds. The topological polar surface area (TPSA) is 22.1 Å². The van der Waals surface area contributed by atoms with Crippen LogP contribution in [0.25, 0.3) is 0 Å². The van der Waals surface area contributed by atoms with E-state index in [1.165, 1.54) is 6.07 Å². The number of rotatable bonds is 2. The normalized spacial score (nSPS) is 18.7. The highest BCUT2D eigenvalue weighted by atomic mass is 79.9. The van der Waals surface area contributed by atoms with Crippen LogP contribution in [-0.2, 0) is 10.7 Å². The molecule has 1 fully saturated rings. The Balaban J connectivity index is 2.22. The molecule has 0 unspecified atom stereocenters. The fourth-order valence-corrected chi connectivity index (χ4v) is 2.21.